The highest BCUT2D eigenvalue weighted by molar-refractivity contribution is 7.18. The van der Waals surface area contributed by atoms with Gasteiger partial charge in [-0.25, -0.2) is 9.78 Å². The van der Waals surface area contributed by atoms with E-state index in [-0.39, 0.29) is 12.2 Å². The molecule has 0 bridgehead atoms. The van der Waals surface area contributed by atoms with Gasteiger partial charge in [0.05, 0.1) is 11.7 Å². The van der Waals surface area contributed by atoms with Crippen molar-refractivity contribution < 1.29 is 9.53 Å². The van der Waals surface area contributed by atoms with E-state index in [9.17, 15) is 9.59 Å². The summed E-state index contributed by atoms with van der Waals surface area (Å²) in [5.41, 5.74) is 0.724. The van der Waals surface area contributed by atoms with E-state index in [1.807, 2.05) is 50.2 Å². The molecule has 2 heterocycles. The van der Waals surface area contributed by atoms with E-state index in [0.717, 1.165) is 16.9 Å². The molecule has 0 fully saturated rings. The molecule has 25 heavy (non-hydrogen) atoms. The molecule has 0 saturated carbocycles. The van der Waals surface area contributed by atoms with Crippen molar-refractivity contribution in [2.75, 3.05) is 0 Å². The number of benzene rings is 1. The minimum absolute atomic E-state index is 0.190. The average Bonchev–Trinajstić information content (AvgIpc) is 3.07. The van der Waals surface area contributed by atoms with Crippen LogP contribution in [0.1, 0.15) is 36.8 Å². The molecule has 0 saturated heterocycles. The molecular formula is C19H20N2O3S. The standard InChI is InChI=1S/C19H20N2O3S/c1-3-14-10-15-17(25-14)20-12-21(18(15)22)16(4-2)19(23)24-11-13-8-6-5-7-9-13/h5-10,12,16H,3-4,11H2,1-2H3/t16-/m0/s1. The van der Waals surface area contributed by atoms with E-state index in [4.69, 9.17) is 4.74 Å². The number of aromatic nitrogens is 2. The lowest BCUT2D eigenvalue weighted by Crippen LogP contribution is -2.30. The van der Waals surface area contributed by atoms with E-state index in [2.05, 4.69) is 4.98 Å². The molecule has 0 aliphatic heterocycles. The third-order valence-corrected chi connectivity index (χ3v) is 5.28. The fourth-order valence-electron chi connectivity index (χ4n) is 2.68. The van der Waals surface area contributed by atoms with Crippen LogP contribution in [-0.4, -0.2) is 15.5 Å². The van der Waals surface area contributed by atoms with Crippen molar-refractivity contribution in [3.05, 3.63) is 63.5 Å². The summed E-state index contributed by atoms with van der Waals surface area (Å²) >= 11 is 1.51. The van der Waals surface area contributed by atoms with Crippen LogP contribution in [0.15, 0.2) is 47.5 Å². The first-order valence-corrected chi connectivity index (χ1v) is 9.15. The van der Waals surface area contributed by atoms with E-state index in [0.29, 0.717) is 16.6 Å². The van der Waals surface area contributed by atoms with Gasteiger partial charge in [0.25, 0.3) is 5.56 Å². The van der Waals surface area contributed by atoms with E-state index >= 15 is 0 Å². The second kappa shape index (κ2) is 7.61. The van der Waals surface area contributed by atoms with Crippen molar-refractivity contribution in [2.45, 2.75) is 39.3 Å². The Morgan fingerprint density at radius 1 is 1.28 bits per heavy atom. The van der Waals surface area contributed by atoms with Crippen LogP contribution in [0.2, 0.25) is 0 Å². The van der Waals surface area contributed by atoms with Crippen molar-refractivity contribution in [1.82, 2.24) is 9.55 Å². The zero-order valence-corrected chi connectivity index (χ0v) is 15.1. The zero-order chi connectivity index (χ0) is 17.8. The number of ether oxygens (including phenoxy) is 1. The molecule has 3 rings (SSSR count). The number of thiophene rings is 1. The lowest BCUT2D eigenvalue weighted by atomic mass is 10.2. The number of nitrogens with zero attached hydrogens (tertiary/aromatic N) is 2. The SMILES string of the molecule is CCc1cc2c(=O)n([C@@H](CC)C(=O)OCc3ccccc3)cnc2s1. The summed E-state index contributed by atoms with van der Waals surface area (Å²) < 4.78 is 6.80. The van der Waals surface area contributed by atoms with Gasteiger partial charge in [0.2, 0.25) is 0 Å². The first kappa shape index (κ1) is 17.4. The Morgan fingerprint density at radius 2 is 2.04 bits per heavy atom. The van der Waals surface area contributed by atoms with Gasteiger partial charge in [0, 0.05) is 4.88 Å². The first-order chi connectivity index (χ1) is 12.1. The van der Waals surface area contributed by atoms with Crippen molar-refractivity contribution in [3.8, 4) is 0 Å². The van der Waals surface area contributed by atoms with Gasteiger partial charge in [-0.3, -0.25) is 9.36 Å². The van der Waals surface area contributed by atoms with E-state index in [1.54, 1.807) is 0 Å². The number of esters is 1. The quantitative estimate of drug-likeness (QED) is 0.632. The van der Waals surface area contributed by atoms with Gasteiger partial charge in [-0.2, -0.15) is 0 Å². The highest BCUT2D eigenvalue weighted by Gasteiger charge is 2.23. The normalized spacial score (nSPS) is 12.2. The molecule has 2 aromatic heterocycles. The van der Waals surface area contributed by atoms with Crippen LogP contribution in [0.4, 0.5) is 0 Å². The summed E-state index contributed by atoms with van der Waals surface area (Å²) in [5, 5.41) is 0.568. The molecule has 6 heteroatoms. The van der Waals surface area contributed by atoms with Gasteiger partial charge in [-0.05, 0) is 24.5 Å². The molecule has 1 aromatic carbocycles. The second-order valence-corrected chi connectivity index (χ2v) is 6.87. The predicted octanol–water partition coefficient (Wildman–Crippen LogP) is 3.71. The molecule has 1 atom stereocenters. The lowest BCUT2D eigenvalue weighted by molar-refractivity contribution is -0.149. The van der Waals surface area contributed by atoms with Gasteiger partial charge >= 0.3 is 5.97 Å². The number of fused-ring (bicyclic) bond motifs is 1. The Hall–Kier alpha value is -2.47. The average molecular weight is 356 g/mol. The number of rotatable bonds is 6. The van der Waals surface area contributed by atoms with Crippen molar-refractivity contribution in [2.24, 2.45) is 0 Å². The molecule has 130 valence electrons. The minimum Gasteiger partial charge on any atom is -0.459 e. The Kier molecular flexibility index (Phi) is 5.28. The maximum atomic E-state index is 12.8. The summed E-state index contributed by atoms with van der Waals surface area (Å²) in [5.74, 6) is -0.416. The summed E-state index contributed by atoms with van der Waals surface area (Å²) in [6.07, 6.45) is 2.78. The molecular weight excluding hydrogens is 336 g/mol. The van der Waals surface area contributed by atoms with Crippen LogP contribution in [0, 0.1) is 0 Å². The molecule has 5 nitrogen and oxygen atoms in total. The van der Waals surface area contributed by atoms with Crippen molar-refractivity contribution in [1.29, 1.82) is 0 Å². The van der Waals surface area contributed by atoms with Gasteiger partial charge in [-0.1, -0.05) is 44.2 Å². The van der Waals surface area contributed by atoms with Crippen LogP contribution < -0.4 is 5.56 Å². The maximum absolute atomic E-state index is 12.8. The molecule has 0 N–H and O–H groups in total. The van der Waals surface area contributed by atoms with Crippen molar-refractivity contribution in [3.63, 3.8) is 0 Å². The second-order valence-electron chi connectivity index (χ2n) is 5.76. The lowest BCUT2D eigenvalue weighted by Gasteiger charge is -2.16. The number of hydrogen-bond donors (Lipinski definition) is 0. The van der Waals surface area contributed by atoms with Crippen LogP contribution in [0.5, 0.6) is 0 Å². The molecule has 0 amide bonds. The van der Waals surface area contributed by atoms with Gasteiger partial charge < -0.3 is 4.74 Å². The van der Waals surface area contributed by atoms with Crippen LogP contribution >= 0.6 is 11.3 Å². The van der Waals surface area contributed by atoms with Crippen molar-refractivity contribution >= 4 is 27.5 Å². The number of carbonyl (C=O) groups excluding carboxylic acids is 1. The number of hydrogen-bond acceptors (Lipinski definition) is 5. The van der Waals surface area contributed by atoms with Crippen LogP contribution in [0.25, 0.3) is 10.2 Å². The molecule has 0 aliphatic rings. The largest absolute Gasteiger partial charge is 0.459 e. The molecule has 0 aliphatic carbocycles. The smallest absolute Gasteiger partial charge is 0.329 e. The predicted molar refractivity (Wildman–Crippen MR) is 98.8 cm³/mol. The topological polar surface area (TPSA) is 61.2 Å². The fraction of sp³-hybridized carbons (Fsp3) is 0.316. The number of carbonyl (C=O) groups is 1. The third-order valence-electron chi connectivity index (χ3n) is 4.09. The van der Waals surface area contributed by atoms with Gasteiger partial charge in [0.15, 0.2) is 0 Å². The van der Waals surface area contributed by atoms with E-state index < -0.39 is 12.0 Å². The third kappa shape index (κ3) is 3.64. The fourth-order valence-corrected chi connectivity index (χ4v) is 3.61. The highest BCUT2D eigenvalue weighted by atomic mass is 32.1. The molecule has 0 radical (unpaired) electrons. The minimum atomic E-state index is -0.668. The Balaban J connectivity index is 1.84. The first-order valence-electron chi connectivity index (χ1n) is 8.34. The van der Waals surface area contributed by atoms with Crippen LogP contribution in [-0.2, 0) is 22.6 Å². The Morgan fingerprint density at radius 3 is 2.72 bits per heavy atom. The molecule has 0 unspecified atom stereocenters. The van der Waals surface area contributed by atoms with Crippen LogP contribution in [0.3, 0.4) is 0 Å². The maximum Gasteiger partial charge on any atom is 0.329 e. The summed E-state index contributed by atoms with van der Waals surface area (Å²) in [6, 6.07) is 10.7. The highest BCUT2D eigenvalue weighted by Crippen LogP contribution is 2.22. The Bertz CT molecular complexity index is 931. The Labute approximate surface area is 149 Å². The van der Waals surface area contributed by atoms with Gasteiger partial charge in [-0.15, -0.1) is 11.3 Å². The summed E-state index contributed by atoms with van der Waals surface area (Å²) in [7, 11) is 0. The summed E-state index contributed by atoms with van der Waals surface area (Å²) in [6.45, 7) is 4.09. The van der Waals surface area contributed by atoms with Gasteiger partial charge in [0.1, 0.15) is 17.5 Å². The van der Waals surface area contributed by atoms with E-state index in [1.165, 1.54) is 22.2 Å². The molecule has 3 aromatic rings. The molecule has 0 spiro atoms. The monoisotopic (exact) mass is 356 g/mol. The zero-order valence-electron chi connectivity index (χ0n) is 14.3. The number of aryl methyl sites for hydroxylation is 1. The summed E-state index contributed by atoms with van der Waals surface area (Å²) in [4.78, 5) is 31.4.